The summed E-state index contributed by atoms with van der Waals surface area (Å²) in [5.74, 6) is 0.805. The molecule has 2 aliphatic carbocycles. The van der Waals surface area contributed by atoms with E-state index in [0.29, 0.717) is 22.1 Å². The Morgan fingerprint density at radius 1 is 1.04 bits per heavy atom. The Bertz CT molecular complexity index is 736. The fourth-order valence-corrected chi connectivity index (χ4v) is 5.84. The second-order valence-corrected chi connectivity index (χ2v) is 10.6. The van der Waals surface area contributed by atoms with Crippen LogP contribution in [0.2, 0.25) is 0 Å². The van der Waals surface area contributed by atoms with Crippen LogP contribution in [-0.2, 0) is 9.84 Å². The van der Waals surface area contributed by atoms with Crippen LogP contribution in [0.1, 0.15) is 52.5 Å². The topological polar surface area (TPSA) is 34.1 Å². The number of benzene rings is 1. The molecule has 2 fully saturated rings. The minimum Gasteiger partial charge on any atom is -0.219 e. The first-order chi connectivity index (χ1) is 10.5. The van der Waals surface area contributed by atoms with Gasteiger partial charge in [0.2, 0.25) is 0 Å². The minimum absolute atomic E-state index is 0.225. The second kappa shape index (κ2) is 5.20. The van der Waals surface area contributed by atoms with Crippen LogP contribution in [0.4, 0.5) is 0 Å². The molecular formula is C20H28O2S. The predicted octanol–water partition coefficient (Wildman–Crippen LogP) is 5.13. The van der Waals surface area contributed by atoms with Gasteiger partial charge in [0.25, 0.3) is 0 Å². The van der Waals surface area contributed by atoms with Crippen molar-refractivity contribution >= 4 is 9.84 Å². The van der Waals surface area contributed by atoms with Gasteiger partial charge in [-0.15, -0.1) is 0 Å². The van der Waals surface area contributed by atoms with Crippen molar-refractivity contribution in [3.05, 3.63) is 40.8 Å². The van der Waals surface area contributed by atoms with Crippen molar-refractivity contribution in [1.29, 1.82) is 0 Å². The average molecular weight is 333 g/mol. The number of allylic oxidation sites excluding steroid dienone is 1. The first-order valence-electron chi connectivity index (χ1n) is 8.56. The minimum atomic E-state index is -3.34. The maximum Gasteiger partial charge on any atom is 0.199 e. The number of rotatable bonds is 2. The number of fused-ring (bicyclic) bond motifs is 2. The van der Waals surface area contributed by atoms with Gasteiger partial charge in [-0.25, -0.2) is 8.42 Å². The zero-order valence-electron chi connectivity index (χ0n) is 14.9. The van der Waals surface area contributed by atoms with Gasteiger partial charge in [-0.05, 0) is 61.0 Å². The molecule has 0 N–H and O–H groups in total. The third-order valence-electron chi connectivity index (χ3n) is 6.11. The van der Waals surface area contributed by atoms with Gasteiger partial charge >= 0.3 is 0 Å². The largest absolute Gasteiger partial charge is 0.219 e. The summed E-state index contributed by atoms with van der Waals surface area (Å²) in [7, 11) is -3.34. The SMILES string of the molecule is Cc1ccc(S(=O)(=O)/C=C2/C3CCC(C)(C)CC2C3(C)C)cc1. The molecule has 2 atom stereocenters. The fourth-order valence-electron chi connectivity index (χ4n) is 4.50. The highest BCUT2D eigenvalue weighted by Crippen LogP contribution is 2.64. The molecule has 1 aromatic rings. The van der Waals surface area contributed by atoms with E-state index in [1.807, 2.05) is 19.1 Å². The Balaban J connectivity index is 1.98. The highest BCUT2D eigenvalue weighted by molar-refractivity contribution is 7.94. The van der Waals surface area contributed by atoms with Crippen molar-refractivity contribution in [1.82, 2.24) is 0 Å². The highest BCUT2D eigenvalue weighted by atomic mass is 32.2. The number of sulfone groups is 1. The van der Waals surface area contributed by atoms with Gasteiger partial charge in [0.05, 0.1) is 4.90 Å². The third kappa shape index (κ3) is 2.88. The Labute approximate surface area is 140 Å². The van der Waals surface area contributed by atoms with Gasteiger partial charge in [-0.2, -0.15) is 0 Å². The number of hydrogen-bond acceptors (Lipinski definition) is 2. The lowest BCUT2D eigenvalue weighted by atomic mass is 9.51. The number of hydrogen-bond donors (Lipinski definition) is 0. The maximum atomic E-state index is 12.8. The van der Waals surface area contributed by atoms with Crippen molar-refractivity contribution < 1.29 is 8.42 Å². The zero-order valence-corrected chi connectivity index (χ0v) is 15.7. The molecule has 0 heterocycles. The molecular weight excluding hydrogens is 304 g/mol. The molecule has 2 bridgehead atoms. The van der Waals surface area contributed by atoms with Gasteiger partial charge < -0.3 is 0 Å². The third-order valence-corrected chi connectivity index (χ3v) is 7.62. The van der Waals surface area contributed by atoms with Gasteiger partial charge in [0, 0.05) is 5.41 Å². The molecule has 0 radical (unpaired) electrons. The van der Waals surface area contributed by atoms with E-state index >= 15 is 0 Å². The lowest BCUT2D eigenvalue weighted by Gasteiger charge is -2.54. The fraction of sp³-hybridized carbons (Fsp3) is 0.600. The van der Waals surface area contributed by atoms with Crippen molar-refractivity contribution in [2.75, 3.05) is 0 Å². The van der Waals surface area contributed by atoms with Gasteiger partial charge in [0.15, 0.2) is 9.84 Å². The van der Waals surface area contributed by atoms with Gasteiger partial charge in [-0.1, -0.05) is 51.0 Å². The van der Waals surface area contributed by atoms with E-state index in [4.69, 9.17) is 0 Å². The van der Waals surface area contributed by atoms with Gasteiger partial charge in [-0.3, -0.25) is 0 Å². The van der Waals surface area contributed by atoms with Crippen LogP contribution in [0.3, 0.4) is 0 Å². The molecule has 2 unspecified atom stereocenters. The van der Waals surface area contributed by atoms with Crippen LogP contribution in [-0.4, -0.2) is 8.42 Å². The lowest BCUT2D eigenvalue weighted by molar-refractivity contribution is 0.0595. The molecule has 2 aliphatic rings. The molecule has 2 saturated carbocycles. The molecule has 0 aliphatic heterocycles. The summed E-state index contributed by atoms with van der Waals surface area (Å²) in [6, 6.07) is 7.18. The van der Waals surface area contributed by atoms with Crippen molar-refractivity contribution in [2.45, 2.75) is 58.8 Å². The Kier molecular flexibility index (Phi) is 3.79. The normalized spacial score (nSPS) is 30.6. The van der Waals surface area contributed by atoms with E-state index in [2.05, 4.69) is 27.7 Å². The number of aryl methyl sites for hydroxylation is 1. The summed E-state index contributed by atoms with van der Waals surface area (Å²) >= 11 is 0. The van der Waals surface area contributed by atoms with E-state index in [1.165, 1.54) is 12.0 Å². The quantitative estimate of drug-likeness (QED) is 0.752. The summed E-state index contributed by atoms with van der Waals surface area (Å²) < 4.78 is 25.6. The van der Waals surface area contributed by atoms with E-state index in [0.717, 1.165) is 18.4 Å². The van der Waals surface area contributed by atoms with E-state index < -0.39 is 9.84 Å². The van der Waals surface area contributed by atoms with Crippen LogP contribution < -0.4 is 0 Å². The first kappa shape index (κ1) is 16.8. The standard InChI is InChI=1S/C20H28O2S/c1-14-6-8-15(9-7-14)23(21,22)13-16-17-10-11-19(2,3)12-18(16)20(17,4)5/h6-9,13,17-18H,10-12H2,1-5H3/b16-13-. The van der Waals surface area contributed by atoms with Crippen molar-refractivity contribution in [3.63, 3.8) is 0 Å². The lowest BCUT2D eigenvalue weighted by Crippen LogP contribution is -2.46. The summed E-state index contributed by atoms with van der Waals surface area (Å²) in [5, 5.41) is 1.60. The maximum absolute atomic E-state index is 12.8. The smallest absolute Gasteiger partial charge is 0.199 e. The summed E-state index contributed by atoms with van der Waals surface area (Å²) in [6.45, 7) is 11.2. The first-order valence-corrected chi connectivity index (χ1v) is 10.1. The monoisotopic (exact) mass is 332 g/mol. The molecule has 126 valence electrons. The Morgan fingerprint density at radius 2 is 1.65 bits per heavy atom. The molecule has 1 aromatic carbocycles. The van der Waals surface area contributed by atoms with Crippen LogP contribution in [0, 0.1) is 29.6 Å². The van der Waals surface area contributed by atoms with E-state index in [9.17, 15) is 8.42 Å². The molecule has 23 heavy (non-hydrogen) atoms. The van der Waals surface area contributed by atoms with Crippen LogP contribution in [0.5, 0.6) is 0 Å². The highest BCUT2D eigenvalue weighted by Gasteiger charge is 2.55. The molecule has 0 spiro atoms. The molecule has 3 heteroatoms. The molecule has 0 saturated heterocycles. The molecule has 2 nitrogen and oxygen atoms in total. The van der Waals surface area contributed by atoms with E-state index in [-0.39, 0.29) is 5.41 Å². The average Bonchev–Trinajstić information content (AvgIpc) is 2.63. The van der Waals surface area contributed by atoms with Crippen LogP contribution >= 0.6 is 0 Å². The Hall–Kier alpha value is -1.09. The molecule has 3 rings (SSSR count). The zero-order chi connectivity index (χ0) is 17.0. The van der Waals surface area contributed by atoms with Crippen molar-refractivity contribution in [2.24, 2.45) is 22.7 Å². The van der Waals surface area contributed by atoms with Gasteiger partial charge in [0.1, 0.15) is 0 Å². The van der Waals surface area contributed by atoms with Crippen molar-refractivity contribution in [3.8, 4) is 0 Å². The van der Waals surface area contributed by atoms with E-state index in [1.54, 1.807) is 17.5 Å². The molecule has 0 amide bonds. The Morgan fingerprint density at radius 3 is 2.26 bits per heavy atom. The summed E-state index contributed by atoms with van der Waals surface area (Å²) in [5.41, 5.74) is 2.78. The van der Waals surface area contributed by atoms with Crippen LogP contribution in [0.25, 0.3) is 0 Å². The summed E-state index contributed by atoms with van der Waals surface area (Å²) in [4.78, 5) is 0.413. The molecule has 0 aromatic heterocycles. The van der Waals surface area contributed by atoms with Crippen LogP contribution in [0.15, 0.2) is 40.1 Å². The predicted molar refractivity (Wildman–Crippen MR) is 94.8 cm³/mol. The summed E-state index contributed by atoms with van der Waals surface area (Å²) in [6.07, 6.45) is 3.37. The second-order valence-electron chi connectivity index (χ2n) is 8.81.